The molecule has 1 atom stereocenters. The SMILES string of the molecule is NC1CCC2(CCCC2)c2cc(F)ccc21. The summed E-state index contributed by atoms with van der Waals surface area (Å²) in [6.45, 7) is 0. The van der Waals surface area contributed by atoms with Gasteiger partial charge < -0.3 is 5.73 Å². The van der Waals surface area contributed by atoms with Gasteiger partial charge in [-0.15, -0.1) is 0 Å². The number of fused-ring (bicyclic) bond motifs is 2. The lowest BCUT2D eigenvalue weighted by atomic mass is 9.67. The predicted octanol–water partition coefficient (Wildman–Crippen LogP) is 3.43. The van der Waals surface area contributed by atoms with Crippen LogP contribution in [0.25, 0.3) is 0 Å². The van der Waals surface area contributed by atoms with Gasteiger partial charge in [0.05, 0.1) is 0 Å². The molecule has 0 saturated heterocycles. The van der Waals surface area contributed by atoms with E-state index >= 15 is 0 Å². The molecule has 0 radical (unpaired) electrons. The second kappa shape index (κ2) is 3.56. The van der Waals surface area contributed by atoms with Crippen LogP contribution in [0.4, 0.5) is 4.39 Å². The first-order chi connectivity index (χ1) is 7.71. The fraction of sp³-hybridized carbons (Fsp3) is 0.571. The van der Waals surface area contributed by atoms with Gasteiger partial charge in [0.25, 0.3) is 0 Å². The Morgan fingerprint density at radius 1 is 1.19 bits per heavy atom. The first-order valence-electron chi connectivity index (χ1n) is 6.27. The third-order valence-corrected chi connectivity index (χ3v) is 4.48. The van der Waals surface area contributed by atoms with Gasteiger partial charge in [0, 0.05) is 6.04 Å². The monoisotopic (exact) mass is 219 g/mol. The van der Waals surface area contributed by atoms with Crippen molar-refractivity contribution in [1.29, 1.82) is 0 Å². The normalized spacial score (nSPS) is 27.0. The fourth-order valence-corrected chi connectivity index (χ4v) is 3.60. The fourth-order valence-electron chi connectivity index (χ4n) is 3.60. The van der Waals surface area contributed by atoms with E-state index in [4.69, 9.17) is 5.73 Å². The van der Waals surface area contributed by atoms with Crippen molar-refractivity contribution in [3.05, 3.63) is 35.1 Å². The van der Waals surface area contributed by atoms with Crippen LogP contribution in [0.15, 0.2) is 18.2 Å². The van der Waals surface area contributed by atoms with E-state index in [1.807, 2.05) is 6.07 Å². The molecule has 86 valence electrons. The summed E-state index contributed by atoms with van der Waals surface area (Å²) in [5.41, 5.74) is 8.78. The molecule has 1 aromatic rings. The average Bonchev–Trinajstić information content (AvgIpc) is 2.74. The molecule has 1 aromatic carbocycles. The Bertz CT molecular complexity index is 407. The lowest BCUT2D eigenvalue weighted by Crippen LogP contribution is -2.32. The van der Waals surface area contributed by atoms with Crippen molar-refractivity contribution in [2.24, 2.45) is 5.73 Å². The van der Waals surface area contributed by atoms with E-state index in [1.54, 1.807) is 12.1 Å². The van der Waals surface area contributed by atoms with E-state index in [9.17, 15) is 4.39 Å². The molecule has 1 nitrogen and oxygen atoms in total. The minimum Gasteiger partial charge on any atom is -0.324 e. The van der Waals surface area contributed by atoms with Gasteiger partial charge in [0.15, 0.2) is 0 Å². The number of rotatable bonds is 0. The molecule has 0 aliphatic heterocycles. The molecule has 1 unspecified atom stereocenters. The Morgan fingerprint density at radius 3 is 2.69 bits per heavy atom. The van der Waals surface area contributed by atoms with E-state index in [0.29, 0.717) is 0 Å². The lowest BCUT2D eigenvalue weighted by molar-refractivity contribution is 0.342. The van der Waals surface area contributed by atoms with Crippen molar-refractivity contribution in [3.63, 3.8) is 0 Å². The van der Waals surface area contributed by atoms with Crippen molar-refractivity contribution in [1.82, 2.24) is 0 Å². The van der Waals surface area contributed by atoms with Gasteiger partial charge in [0.2, 0.25) is 0 Å². The van der Waals surface area contributed by atoms with E-state index < -0.39 is 0 Å². The summed E-state index contributed by atoms with van der Waals surface area (Å²) in [6.07, 6.45) is 7.20. The van der Waals surface area contributed by atoms with Gasteiger partial charge in [-0.2, -0.15) is 0 Å². The van der Waals surface area contributed by atoms with E-state index in [2.05, 4.69) is 0 Å². The van der Waals surface area contributed by atoms with Crippen LogP contribution >= 0.6 is 0 Å². The molecule has 16 heavy (non-hydrogen) atoms. The molecule has 2 N–H and O–H groups in total. The number of hydrogen-bond acceptors (Lipinski definition) is 1. The molecule has 1 fully saturated rings. The largest absolute Gasteiger partial charge is 0.324 e. The maximum atomic E-state index is 13.4. The maximum Gasteiger partial charge on any atom is 0.123 e. The number of hydrogen-bond donors (Lipinski definition) is 1. The summed E-state index contributed by atoms with van der Waals surface area (Å²) in [6, 6.07) is 5.29. The minimum absolute atomic E-state index is 0.112. The molecule has 3 rings (SSSR count). The second-order valence-electron chi connectivity index (χ2n) is 5.36. The van der Waals surface area contributed by atoms with Crippen molar-refractivity contribution >= 4 is 0 Å². The van der Waals surface area contributed by atoms with Crippen molar-refractivity contribution < 1.29 is 4.39 Å². The van der Waals surface area contributed by atoms with Crippen molar-refractivity contribution in [3.8, 4) is 0 Å². The highest BCUT2D eigenvalue weighted by molar-refractivity contribution is 5.40. The Labute approximate surface area is 95.8 Å². The van der Waals surface area contributed by atoms with E-state index in [0.717, 1.165) is 12.8 Å². The zero-order valence-corrected chi connectivity index (χ0v) is 9.51. The number of halogens is 1. The molecule has 2 aliphatic carbocycles. The molecule has 0 bridgehead atoms. The Hall–Kier alpha value is -0.890. The predicted molar refractivity (Wildman–Crippen MR) is 62.7 cm³/mol. The Balaban J connectivity index is 2.14. The van der Waals surface area contributed by atoms with Crippen molar-refractivity contribution in [2.45, 2.75) is 50.0 Å². The highest BCUT2D eigenvalue weighted by Gasteiger charge is 2.40. The van der Waals surface area contributed by atoms with Crippen molar-refractivity contribution in [2.75, 3.05) is 0 Å². The molecule has 0 heterocycles. The van der Waals surface area contributed by atoms with Gasteiger partial charge in [-0.1, -0.05) is 18.9 Å². The Morgan fingerprint density at radius 2 is 1.94 bits per heavy atom. The van der Waals surface area contributed by atoms with Crippen LogP contribution in [0.2, 0.25) is 0 Å². The van der Waals surface area contributed by atoms with Crippen LogP contribution < -0.4 is 5.73 Å². The quantitative estimate of drug-likeness (QED) is 0.710. The zero-order chi connectivity index (χ0) is 11.2. The molecule has 2 aliphatic rings. The maximum absolute atomic E-state index is 13.4. The highest BCUT2D eigenvalue weighted by atomic mass is 19.1. The van der Waals surface area contributed by atoms with Crippen LogP contribution in [0, 0.1) is 5.82 Å². The number of nitrogens with two attached hydrogens (primary N) is 1. The molecular formula is C14H18FN. The second-order valence-corrected chi connectivity index (χ2v) is 5.36. The van der Waals surface area contributed by atoms with Gasteiger partial charge in [-0.05, 0) is 54.4 Å². The number of benzene rings is 1. The zero-order valence-electron chi connectivity index (χ0n) is 9.51. The minimum atomic E-state index is -0.112. The molecule has 1 saturated carbocycles. The topological polar surface area (TPSA) is 26.0 Å². The summed E-state index contributed by atoms with van der Waals surface area (Å²) in [4.78, 5) is 0. The molecule has 1 spiro atoms. The first kappa shape index (κ1) is 10.3. The summed E-state index contributed by atoms with van der Waals surface area (Å²) in [7, 11) is 0. The van der Waals surface area contributed by atoms with Crippen LogP contribution in [0.5, 0.6) is 0 Å². The first-order valence-corrected chi connectivity index (χ1v) is 6.27. The van der Waals surface area contributed by atoms with Crippen LogP contribution in [0.3, 0.4) is 0 Å². The lowest BCUT2D eigenvalue weighted by Gasteiger charge is -2.38. The van der Waals surface area contributed by atoms with Crippen LogP contribution in [0.1, 0.15) is 55.7 Å². The van der Waals surface area contributed by atoms with E-state index in [1.165, 1.54) is 36.8 Å². The highest BCUT2D eigenvalue weighted by Crippen LogP contribution is 2.50. The van der Waals surface area contributed by atoms with Gasteiger partial charge in [-0.3, -0.25) is 0 Å². The third kappa shape index (κ3) is 1.40. The summed E-state index contributed by atoms with van der Waals surface area (Å²) in [5, 5.41) is 0. The summed E-state index contributed by atoms with van der Waals surface area (Å²) in [5.74, 6) is -0.112. The summed E-state index contributed by atoms with van der Waals surface area (Å²) < 4.78 is 13.4. The molecule has 0 aromatic heterocycles. The van der Waals surface area contributed by atoms with Gasteiger partial charge in [-0.25, -0.2) is 4.39 Å². The average molecular weight is 219 g/mol. The molecule has 2 heteroatoms. The van der Waals surface area contributed by atoms with Crippen LogP contribution in [-0.2, 0) is 5.41 Å². The molecular weight excluding hydrogens is 201 g/mol. The van der Waals surface area contributed by atoms with Gasteiger partial charge >= 0.3 is 0 Å². The van der Waals surface area contributed by atoms with E-state index in [-0.39, 0.29) is 17.3 Å². The van der Waals surface area contributed by atoms with Gasteiger partial charge in [0.1, 0.15) is 5.82 Å². The van der Waals surface area contributed by atoms with Crippen LogP contribution in [-0.4, -0.2) is 0 Å². The Kier molecular flexibility index (Phi) is 2.28. The molecule has 0 amide bonds. The standard InChI is InChI=1S/C14H18FN/c15-10-3-4-11-12(9-10)14(6-1-2-7-14)8-5-13(11)16/h3-4,9,13H,1-2,5-8,16H2. The smallest absolute Gasteiger partial charge is 0.123 e. The third-order valence-electron chi connectivity index (χ3n) is 4.48. The summed E-state index contributed by atoms with van der Waals surface area (Å²) >= 11 is 0.